The zero-order valence-corrected chi connectivity index (χ0v) is 13.9. The summed E-state index contributed by atoms with van der Waals surface area (Å²) in [5, 5.41) is 6.07. The maximum atomic E-state index is 12.3. The molecule has 0 radical (unpaired) electrons. The van der Waals surface area contributed by atoms with Gasteiger partial charge in [0.15, 0.2) is 5.78 Å². The fourth-order valence-corrected chi connectivity index (χ4v) is 2.31. The number of carbonyl (C=O) groups is 2. The Morgan fingerprint density at radius 3 is 2.22 bits per heavy atom. The molecule has 2 aromatic rings. The first-order valence-electron chi connectivity index (χ1n) is 7.62. The van der Waals surface area contributed by atoms with Gasteiger partial charge in [0.2, 0.25) is 5.91 Å². The molecule has 2 rings (SSSR count). The Hall–Kier alpha value is -2.62. The summed E-state index contributed by atoms with van der Waals surface area (Å²) in [5.74, 6) is -0.117. The van der Waals surface area contributed by atoms with Crippen molar-refractivity contribution in [2.45, 2.75) is 33.7 Å². The molecular formula is C19H22N2O2. The van der Waals surface area contributed by atoms with Crippen LogP contribution >= 0.6 is 0 Å². The van der Waals surface area contributed by atoms with Gasteiger partial charge in [0.05, 0.1) is 0 Å². The summed E-state index contributed by atoms with van der Waals surface area (Å²) in [4.78, 5) is 23.5. The number of nitrogens with one attached hydrogen (secondary N) is 2. The summed E-state index contributed by atoms with van der Waals surface area (Å²) in [5.41, 5.74) is 4.55. The third-order valence-corrected chi connectivity index (χ3v) is 3.71. The van der Waals surface area contributed by atoms with E-state index in [0.717, 1.165) is 11.3 Å². The molecule has 0 saturated carbocycles. The van der Waals surface area contributed by atoms with Gasteiger partial charge in [-0.2, -0.15) is 0 Å². The predicted octanol–water partition coefficient (Wildman–Crippen LogP) is 3.95. The van der Waals surface area contributed by atoms with E-state index in [1.807, 2.05) is 32.9 Å². The molecular weight excluding hydrogens is 288 g/mol. The largest absolute Gasteiger partial charge is 0.374 e. The second kappa shape index (κ2) is 7.09. The van der Waals surface area contributed by atoms with E-state index in [2.05, 4.69) is 16.7 Å². The van der Waals surface area contributed by atoms with Crippen LogP contribution in [0.4, 0.5) is 11.4 Å². The number of Topliss-reactive ketones (excluding diaryl/α,β-unsaturated/α-hetero) is 1. The molecule has 1 atom stereocenters. The molecule has 1 unspecified atom stereocenters. The Labute approximate surface area is 136 Å². The molecule has 0 aliphatic rings. The molecule has 4 nitrogen and oxygen atoms in total. The van der Waals surface area contributed by atoms with E-state index in [4.69, 9.17) is 0 Å². The lowest BCUT2D eigenvalue weighted by Crippen LogP contribution is -2.32. The highest BCUT2D eigenvalue weighted by Gasteiger charge is 2.14. The van der Waals surface area contributed by atoms with E-state index in [1.165, 1.54) is 12.5 Å². The van der Waals surface area contributed by atoms with Gasteiger partial charge in [-0.05, 0) is 63.6 Å². The molecule has 0 aromatic heterocycles. The number of carbonyl (C=O) groups excluding carboxylic acids is 2. The van der Waals surface area contributed by atoms with Crippen molar-refractivity contribution in [2.75, 3.05) is 10.6 Å². The summed E-state index contributed by atoms with van der Waals surface area (Å²) in [6, 6.07) is 12.6. The highest BCUT2D eigenvalue weighted by atomic mass is 16.2. The van der Waals surface area contributed by atoms with Crippen LogP contribution in [0, 0.1) is 13.8 Å². The number of hydrogen-bond acceptors (Lipinski definition) is 3. The molecule has 0 fully saturated rings. The number of amides is 1. The van der Waals surface area contributed by atoms with E-state index in [9.17, 15) is 9.59 Å². The van der Waals surface area contributed by atoms with Gasteiger partial charge in [-0.25, -0.2) is 0 Å². The molecule has 2 aromatic carbocycles. The number of hydrogen-bond donors (Lipinski definition) is 2. The molecule has 23 heavy (non-hydrogen) atoms. The molecule has 1 amide bonds. The van der Waals surface area contributed by atoms with Gasteiger partial charge < -0.3 is 10.6 Å². The molecule has 2 N–H and O–H groups in total. The van der Waals surface area contributed by atoms with E-state index in [0.29, 0.717) is 11.3 Å². The van der Waals surface area contributed by atoms with Crippen molar-refractivity contribution < 1.29 is 9.59 Å². The first-order valence-corrected chi connectivity index (χ1v) is 7.62. The van der Waals surface area contributed by atoms with Gasteiger partial charge in [-0.1, -0.05) is 17.7 Å². The van der Waals surface area contributed by atoms with Crippen molar-refractivity contribution in [1.82, 2.24) is 0 Å². The number of aryl methyl sites for hydroxylation is 2. The number of ketones is 1. The van der Waals surface area contributed by atoms with E-state index >= 15 is 0 Å². The number of rotatable bonds is 5. The van der Waals surface area contributed by atoms with Crippen LogP contribution in [0.2, 0.25) is 0 Å². The van der Waals surface area contributed by atoms with Crippen LogP contribution in [0.15, 0.2) is 42.5 Å². The van der Waals surface area contributed by atoms with Crippen LogP contribution < -0.4 is 10.6 Å². The Morgan fingerprint density at radius 2 is 1.65 bits per heavy atom. The van der Waals surface area contributed by atoms with Crippen molar-refractivity contribution in [1.29, 1.82) is 0 Å². The fourth-order valence-electron chi connectivity index (χ4n) is 2.31. The van der Waals surface area contributed by atoms with Crippen LogP contribution in [-0.4, -0.2) is 17.7 Å². The van der Waals surface area contributed by atoms with Crippen LogP contribution in [0.3, 0.4) is 0 Å². The minimum absolute atomic E-state index is 0.00718. The topological polar surface area (TPSA) is 58.2 Å². The fraction of sp³-hybridized carbons (Fsp3) is 0.263. The highest BCUT2D eigenvalue weighted by molar-refractivity contribution is 5.98. The molecule has 120 valence electrons. The Bertz CT molecular complexity index is 721. The van der Waals surface area contributed by atoms with E-state index in [1.54, 1.807) is 24.3 Å². The first kappa shape index (κ1) is 16.7. The van der Waals surface area contributed by atoms with Crippen molar-refractivity contribution in [3.05, 3.63) is 59.2 Å². The van der Waals surface area contributed by atoms with Crippen molar-refractivity contribution in [2.24, 2.45) is 0 Å². The molecule has 0 heterocycles. The maximum Gasteiger partial charge on any atom is 0.246 e. The van der Waals surface area contributed by atoms with Gasteiger partial charge in [-0.15, -0.1) is 0 Å². The Kier molecular flexibility index (Phi) is 5.16. The number of anilines is 2. The average Bonchev–Trinajstić information content (AvgIpc) is 2.50. The Balaban J connectivity index is 2.00. The Morgan fingerprint density at radius 1 is 1.00 bits per heavy atom. The SMILES string of the molecule is CC(=O)c1ccc(NC(=O)C(C)Nc2ccc(C)cc2C)cc1. The third-order valence-electron chi connectivity index (χ3n) is 3.71. The third kappa shape index (κ3) is 4.42. The number of benzene rings is 2. The van der Waals surface area contributed by atoms with Gasteiger partial charge in [-0.3, -0.25) is 9.59 Å². The second-order valence-corrected chi connectivity index (χ2v) is 5.81. The predicted molar refractivity (Wildman–Crippen MR) is 94.1 cm³/mol. The van der Waals surface area contributed by atoms with Crippen LogP contribution in [0.25, 0.3) is 0 Å². The van der Waals surface area contributed by atoms with E-state index < -0.39 is 0 Å². The standard InChI is InChI=1S/C19H22N2O2/c1-12-5-10-18(13(2)11-12)20-14(3)19(23)21-17-8-6-16(7-9-17)15(4)22/h5-11,14,20H,1-4H3,(H,21,23). The lowest BCUT2D eigenvalue weighted by Gasteiger charge is -2.17. The summed E-state index contributed by atoms with van der Waals surface area (Å²) in [6.07, 6.45) is 0. The zero-order chi connectivity index (χ0) is 17.0. The first-order chi connectivity index (χ1) is 10.9. The molecule has 0 aliphatic carbocycles. The minimum Gasteiger partial charge on any atom is -0.374 e. The van der Waals surface area contributed by atoms with Crippen molar-refractivity contribution in [3.63, 3.8) is 0 Å². The van der Waals surface area contributed by atoms with Gasteiger partial charge in [0.1, 0.15) is 6.04 Å². The molecule has 4 heteroatoms. The molecule has 0 bridgehead atoms. The summed E-state index contributed by atoms with van der Waals surface area (Å²) < 4.78 is 0. The monoisotopic (exact) mass is 310 g/mol. The summed E-state index contributed by atoms with van der Waals surface area (Å²) in [7, 11) is 0. The van der Waals surface area contributed by atoms with Crippen molar-refractivity contribution in [3.8, 4) is 0 Å². The van der Waals surface area contributed by atoms with Crippen LogP contribution in [0.1, 0.15) is 35.3 Å². The highest BCUT2D eigenvalue weighted by Crippen LogP contribution is 2.17. The molecule has 0 saturated heterocycles. The average molecular weight is 310 g/mol. The van der Waals surface area contributed by atoms with Gasteiger partial charge in [0.25, 0.3) is 0 Å². The normalized spacial score (nSPS) is 11.7. The summed E-state index contributed by atoms with van der Waals surface area (Å²) in [6.45, 7) is 7.39. The molecule has 0 spiro atoms. The second-order valence-electron chi connectivity index (χ2n) is 5.81. The maximum absolute atomic E-state index is 12.3. The zero-order valence-electron chi connectivity index (χ0n) is 13.9. The van der Waals surface area contributed by atoms with Gasteiger partial charge >= 0.3 is 0 Å². The van der Waals surface area contributed by atoms with Crippen molar-refractivity contribution >= 4 is 23.1 Å². The lowest BCUT2D eigenvalue weighted by atomic mass is 10.1. The van der Waals surface area contributed by atoms with E-state index in [-0.39, 0.29) is 17.7 Å². The van der Waals surface area contributed by atoms with Crippen LogP contribution in [0.5, 0.6) is 0 Å². The van der Waals surface area contributed by atoms with Crippen LogP contribution in [-0.2, 0) is 4.79 Å². The summed E-state index contributed by atoms with van der Waals surface area (Å²) >= 11 is 0. The smallest absolute Gasteiger partial charge is 0.246 e. The molecule has 0 aliphatic heterocycles. The quantitative estimate of drug-likeness (QED) is 0.822. The minimum atomic E-state index is -0.371. The van der Waals surface area contributed by atoms with Gasteiger partial charge in [0, 0.05) is 16.9 Å². The lowest BCUT2D eigenvalue weighted by molar-refractivity contribution is -0.116.